The second-order valence-corrected chi connectivity index (χ2v) is 5.53. The van der Waals surface area contributed by atoms with Gasteiger partial charge in [-0.05, 0) is 47.8 Å². The van der Waals surface area contributed by atoms with E-state index in [0.29, 0.717) is 12.4 Å². The molecule has 0 bridgehead atoms. The number of amides is 1. The predicted molar refractivity (Wildman–Crippen MR) is 100 cm³/mol. The van der Waals surface area contributed by atoms with Gasteiger partial charge in [-0.15, -0.1) is 0 Å². The quantitative estimate of drug-likeness (QED) is 0.667. The van der Waals surface area contributed by atoms with Crippen molar-refractivity contribution in [2.75, 3.05) is 18.8 Å². The fourth-order valence-corrected chi connectivity index (χ4v) is 2.56. The van der Waals surface area contributed by atoms with E-state index < -0.39 is 0 Å². The topological polar surface area (TPSA) is 59.2 Å². The van der Waals surface area contributed by atoms with Crippen LogP contribution >= 0.6 is 0 Å². The number of carbonyl (C=O) groups is 1. The molecule has 1 aromatic heterocycles. The Morgan fingerprint density at radius 2 is 2.17 bits per heavy atom. The van der Waals surface area contributed by atoms with E-state index in [1.807, 2.05) is 23.1 Å². The average molecular weight is 321 g/mol. The number of nitrogens with zero attached hydrogens (tertiary/aromatic N) is 2. The van der Waals surface area contributed by atoms with Gasteiger partial charge in [-0.2, -0.15) is 0 Å². The molecular weight excluding hydrogens is 298 g/mol. The van der Waals surface area contributed by atoms with Crippen LogP contribution in [0, 0.1) is 0 Å². The number of allylic oxidation sites excluding steroid dienone is 5. The van der Waals surface area contributed by atoms with E-state index in [9.17, 15) is 4.79 Å². The summed E-state index contributed by atoms with van der Waals surface area (Å²) < 4.78 is 0. The molecule has 0 aromatic carbocycles. The van der Waals surface area contributed by atoms with Crippen molar-refractivity contribution in [1.82, 2.24) is 9.88 Å². The SMILES string of the molecule is C=C/C=C(\C=C)C1=CCN(C(=O)/C=C/c2ccc(N)nc2)CCC1. The summed E-state index contributed by atoms with van der Waals surface area (Å²) in [4.78, 5) is 18.2. The Morgan fingerprint density at radius 1 is 1.33 bits per heavy atom. The summed E-state index contributed by atoms with van der Waals surface area (Å²) in [6.45, 7) is 8.91. The second kappa shape index (κ2) is 8.67. The van der Waals surface area contributed by atoms with Gasteiger partial charge < -0.3 is 10.6 Å². The molecule has 0 spiro atoms. The fourth-order valence-electron chi connectivity index (χ4n) is 2.56. The van der Waals surface area contributed by atoms with E-state index in [-0.39, 0.29) is 5.91 Å². The molecule has 24 heavy (non-hydrogen) atoms. The number of hydrogen-bond donors (Lipinski definition) is 1. The number of carbonyl (C=O) groups excluding carboxylic acids is 1. The summed E-state index contributed by atoms with van der Waals surface area (Å²) in [5.74, 6) is 0.464. The highest BCUT2D eigenvalue weighted by atomic mass is 16.2. The van der Waals surface area contributed by atoms with Crippen LogP contribution in [0.25, 0.3) is 6.08 Å². The molecule has 2 rings (SSSR count). The number of pyridine rings is 1. The van der Waals surface area contributed by atoms with Gasteiger partial charge in [-0.3, -0.25) is 4.79 Å². The molecule has 0 saturated carbocycles. The summed E-state index contributed by atoms with van der Waals surface area (Å²) in [6, 6.07) is 3.55. The van der Waals surface area contributed by atoms with Crippen LogP contribution in [0.2, 0.25) is 0 Å². The van der Waals surface area contributed by atoms with Gasteiger partial charge >= 0.3 is 0 Å². The van der Waals surface area contributed by atoms with Crippen molar-refractivity contribution in [2.24, 2.45) is 0 Å². The van der Waals surface area contributed by atoms with Crippen LogP contribution in [0.1, 0.15) is 18.4 Å². The molecule has 0 atom stereocenters. The molecule has 1 aromatic rings. The van der Waals surface area contributed by atoms with Crippen molar-refractivity contribution in [3.8, 4) is 0 Å². The highest BCUT2D eigenvalue weighted by Crippen LogP contribution is 2.20. The maximum atomic E-state index is 12.4. The average Bonchev–Trinajstić information content (AvgIpc) is 2.85. The maximum Gasteiger partial charge on any atom is 0.246 e. The zero-order valence-corrected chi connectivity index (χ0v) is 13.8. The number of rotatable bonds is 5. The van der Waals surface area contributed by atoms with Crippen LogP contribution < -0.4 is 5.73 Å². The minimum Gasteiger partial charge on any atom is -0.384 e. The van der Waals surface area contributed by atoms with Crippen molar-refractivity contribution in [3.05, 3.63) is 78.6 Å². The summed E-state index contributed by atoms with van der Waals surface area (Å²) in [6.07, 6.45) is 14.5. The molecule has 0 radical (unpaired) electrons. The fraction of sp³-hybridized carbons (Fsp3) is 0.200. The van der Waals surface area contributed by atoms with Gasteiger partial charge in [0.25, 0.3) is 0 Å². The largest absolute Gasteiger partial charge is 0.384 e. The first-order valence-corrected chi connectivity index (χ1v) is 7.97. The van der Waals surface area contributed by atoms with Gasteiger partial charge in [0.15, 0.2) is 0 Å². The minimum absolute atomic E-state index is 0.00261. The van der Waals surface area contributed by atoms with E-state index in [2.05, 4.69) is 24.2 Å². The van der Waals surface area contributed by atoms with Crippen LogP contribution in [0.15, 0.2) is 73.0 Å². The molecule has 2 N–H and O–H groups in total. The molecule has 0 saturated heterocycles. The number of nitrogen functional groups attached to an aromatic ring is 1. The van der Waals surface area contributed by atoms with Gasteiger partial charge in [-0.1, -0.05) is 37.5 Å². The molecule has 0 unspecified atom stereocenters. The third kappa shape index (κ3) is 4.81. The highest BCUT2D eigenvalue weighted by Gasteiger charge is 2.14. The zero-order valence-electron chi connectivity index (χ0n) is 13.8. The summed E-state index contributed by atoms with van der Waals surface area (Å²) in [5, 5.41) is 0. The van der Waals surface area contributed by atoms with E-state index in [0.717, 1.165) is 30.5 Å². The predicted octanol–water partition coefficient (Wildman–Crippen LogP) is 3.52. The van der Waals surface area contributed by atoms with Gasteiger partial charge in [0.05, 0.1) is 0 Å². The van der Waals surface area contributed by atoms with Crippen LogP contribution in [-0.4, -0.2) is 28.9 Å². The van der Waals surface area contributed by atoms with Gasteiger partial charge in [0, 0.05) is 25.4 Å². The number of nitrogens with two attached hydrogens (primary N) is 1. The van der Waals surface area contributed by atoms with Gasteiger partial charge in [0.1, 0.15) is 5.82 Å². The highest BCUT2D eigenvalue weighted by molar-refractivity contribution is 5.91. The lowest BCUT2D eigenvalue weighted by Gasteiger charge is -2.17. The Balaban J connectivity index is 2.04. The third-order valence-corrected chi connectivity index (χ3v) is 3.86. The Bertz CT molecular complexity index is 696. The van der Waals surface area contributed by atoms with E-state index in [4.69, 9.17) is 5.73 Å². The molecule has 1 amide bonds. The van der Waals surface area contributed by atoms with Gasteiger partial charge in [-0.25, -0.2) is 4.98 Å². The summed E-state index contributed by atoms with van der Waals surface area (Å²) in [5.41, 5.74) is 8.69. The third-order valence-electron chi connectivity index (χ3n) is 3.86. The normalized spacial score (nSPS) is 15.8. The Hall–Kier alpha value is -2.88. The van der Waals surface area contributed by atoms with Crippen LogP contribution in [-0.2, 0) is 4.79 Å². The first-order valence-electron chi connectivity index (χ1n) is 7.97. The summed E-state index contributed by atoms with van der Waals surface area (Å²) >= 11 is 0. The molecule has 2 heterocycles. The smallest absolute Gasteiger partial charge is 0.246 e. The van der Waals surface area contributed by atoms with E-state index in [1.54, 1.807) is 30.5 Å². The number of anilines is 1. The molecule has 0 aliphatic carbocycles. The van der Waals surface area contributed by atoms with Crippen LogP contribution in [0.3, 0.4) is 0 Å². The lowest BCUT2D eigenvalue weighted by Crippen LogP contribution is -2.29. The van der Waals surface area contributed by atoms with Crippen molar-refractivity contribution < 1.29 is 4.79 Å². The molecular formula is C20H23N3O. The summed E-state index contributed by atoms with van der Waals surface area (Å²) in [7, 11) is 0. The number of aromatic nitrogens is 1. The lowest BCUT2D eigenvalue weighted by molar-refractivity contribution is -0.125. The maximum absolute atomic E-state index is 12.4. The molecule has 1 aliphatic heterocycles. The standard InChI is InChI=1S/C20H23N3O/c1-3-6-17(4-2)18-7-5-13-23(14-12-18)20(24)11-9-16-8-10-19(21)22-15-16/h3-4,6,8-12,15H,1-2,5,7,13-14H2,(H2,21,22)/b11-9+,17-6+. The first kappa shape index (κ1) is 17.5. The van der Waals surface area contributed by atoms with E-state index in [1.165, 1.54) is 5.57 Å². The molecule has 124 valence electrons. The minimum atomic E-state index is -0.00261. The van der Waals surface area contributed by atoms with Crippen molar-refractivity contribution in [2.45, 2.75) is 12.8 Å². The lowest BCUT2D eigenvalue weighted by atomic mass is 10.0. The molecule has 4 nitrogen and oxygen atoms in total. The van der Waals surface area contributed by atoms with Crippen LogP contribution in [0.5, 0.6) is 0 Å². The molecule has 4 heteroatoms. The first-order chi connectivity index (χ1) is 11.6. The van der Waals surface area contributed by atoms with Crippen molar-refractivity contribution >= 4 is 17.8 Å². The van der Waals surface area contributed by atoms with Crippen molar-refractivity contribution in [3.63, 3.8) is 0 Å². The van der Waals surface area contributed by atoms with E-state index >= 15 is 0 Å². The van der Waals surface area contributed by atoms with Gasteiger partial charge in [0.2, 0.25) is 5.91 Å². The van der Waals surface area contributed by atoms with Crippen molar-refractivity contribution in [1.29, 1.82) is 0 Å². The Kier molecular flexibility index (Phi) is 6.32. The molecule has 1 aliphatic rings. The Morgan fingerprint density at radius 3 is 2.83 bits per heavy atom. The molecule has 0 fully saturated rings. The number of hydrogen-bond acceptors (Lipinski definition) is 3. The Labute approximate surface area is 143 Å². The van der Waals surface area contributed by atoms with Crippen LogP contribution in [0.4, 0.5) is 5.82 Å². The zero-order chi connectivity index (χ0) is 17.4. The monoisotopic (exact) mass is 321 g/mol. The second-order valence-electron chi connectivity index (χ2n) is 5.53.